The second-order valence-electron chi connectivity index (χ2n) is 6.16. The van der Waals surface area contributed by atoms with Gasteiger partial charge in [-0.3, -0.25) is 4.79 Å². The first-order valence-electron chi connectivity index (χ1n) is 7.34. The molecular weight excluding hydrogens is 314 g/mol. The van der Waals surface area contributed by atoms with Crippen LogP contribution in [0.1, 0.15) is 27.2 Å². The first-order chi connectivity index (χ1) is 10.6. The molecule has 0 aliphatic carbocycles. The molecule has 23 heavy (non-hydrogen) atoms. The van der Waals surface area contributed by atoms with E-state index in [9.17, 15) is 18.5 Å². The molecule has 1 atom stereocenters. The van der Waals surface area contributed by atoms with E-state index in [2.05, 4.69) is 11.4 Å². The largest absolute Gasteiger partial charge is 0.337 e. The second-order valence-corrected chi connectivity index (χ2v) is 8.21. The van der Waals surface area contributed by atoms with Gasteiger partial charge in [0.1, 0.15) is 5.54 Å². The molecule has 0 spiro atoms. The van der Waals surface area contributed by atoms with E-state index in [-0.39, 0.29) is 17.4 Å². The molecule has 126 valence electrons. The smallest absolute Gasteiger partial charge is 0.243 e. The molecule has 1 aromatic rings. The van der Waals surface area contributed by atoms with Gasteiger partial charge in [0.15, 0.2) is 0 Å². The van der Waals surface area contributed by atoms with Crippen LogP contribution in [-0.4, -0.2) is 37.8 Å². The Morgan fingerprint density at radius 3 is 2.39 bits per heavy atom. The molecule has 0 bridgehead atoms. The molecule has 1 aromatic carbocycles. The lowest BCUT2D eigenvalue weighted by atomic mass is 9.92. The molecule has 0 saturated heterocycles. The molecule has 1 amide bonds. The van der Waals surface area contributed by atoms with Crippen molar-refractivity contribution in [3.05, 3.63) is 30.3 Å². The average Bonchev–Trinajstić information content (AvgIpc) is 2.46. The highest BCUT2D eigenvalue weighted by atomic mass is 32.2. The van der Waals surface area contributed by atoms with Crippen molar-refractivity contribution in [1.82, 2.24) is 9.62 Å². The summed E-state index contributed by atoms with van der Waals surface area (Å²) in [6.07, 6.45) is 0.490. The van der Waals surface area contributed by atoms with Gasteiger partial charge in [0.05, 0.1) is 17.5 Å². The number of benzene rings is 1. The highest BCUT2D eigenvalue weighted by molar-refractivity contribution is 7.89. The van der Waals surface area contributed by atoms with Gasteiger partial charge in [-0.25, -0.2) is 8.42 Å². The quantitative estimate of drug-likeness (QED) is 0.821. The maximum absolute atomic E-state index is 12.4. The third-order valence-electron chi connectivity index (χ3n) is 3.30. The van der Waals surface area contributed by atoms with Crippen LogP contribution in [0.15, 0.2) is 35.2 Å². The van der Waals surface area contributed by atoms with Gasteiger partial charge >= 0.3 is 0 Å². The number of hydrogen-bond acceptors (Lipinski definition) is 4. The normalized spacial score (nSPS) is 14.3. The molecule has 0 aliphatic rings. The zero-order chi connectivity index (χ0) is 17.7. The molecule has 1 rings (SSSR count). The fourth-order valence-corrected chi connectivity index (χ4v) is 3.50. The van der Waals surface area contributed by atoms with Crippen LogP contribution in [0.2, 0.25) is 0 Å². The van der Waals surface area contributed by atoms with E-state index in [1.54, 1.807) is 25.1 Å². The molecule has 0 radical (unpaired) electrons. The molecule has 0 aliphatic heterocycles. The SMILES string of the molecule is CC(C)C[C@](C)(C#N)NC(=O)CN(C)S(=O)(=O)c1ccccc1. The number of hydrogen-bond donors (Lipinski definition) is 1. The predicted octanol–water partition coefficient (Wildman–Crippen LogP) is 1.75. The van der Waals surface area contributed by atoms with Crippen LogP contribution >= 0.6 is 0 Å². The highest BCUT2D eigenvalue weighted by Crippen LogP contribution is 2.16. The zero-order valence-electron chi connectivity index (χ0n) is 13.9. The predicted molar refractivity (Wildman–Crippen MR) is 87.9 cm³/mol. The highest BCUT2D eigenvalue weighted by Gasteiger charge is 2.29. The number of likely N-dealkylation sites (N-methyl/N-ethyl adjacent to an activating group) is 1. The van der Waals surface area contributed by atoms with E-state index in [4.69, 9.17) is 0 Å². The van der Waals surface area contributed by atoms with Gasteiger partial charge in [0.25, 0.3) is 0 Å². The van der Waals surface area contributed by atoms with Crippen molar-refractivity contribution in [3.63, 3.8) is 0 Å². The van der Waals surface area contributed by atoms with E-state index in [0.29, 0.717) is 6.42 Å². The fourth-order valence-electron chi connectivity index (χ4n) is 2.35. The standard InChI is InChI=1S/C16H23N3O3S/c1-13(2)10-16(3,12-17)18-15(20)11-19(4)23(21,22)14-8-6-5-7-9-14/h5-9,13H,10-11H2,1-4H3,(H,18,20)/t16-/m1/s1. The van der Waals surface area contributed by atoms with E-state index in [1.807, 2.05) is 13.8 Å². The van der Waals surface area contributed by atoms with Crippen LogP contribution in [-0.2, 0) is 14.8 Å². The summed E-state index contributed by atoms with van der Waals surface area (Å²) >= 11 is 0. The summed E-state index contributed by atoms with van der Waals surface area (Å²) in [4.78, 5) is 12.2. The molecule has 1 N–H and O–H groups in total. The van der Waals surface area contributed by atoms with Crippen molar-refractivity contribution in [2.45, 2.75) is 37.6 Å². The van der Waals surface area contributed by atoms with E-state index < -0.39 is 21.5 Å². The minimum atomic E-state index is -3.73. The fraction of sp³-hybridized carbons (Fsp3) is 0.500. The monoisotopic (exact) mass is 337 g/mol. The summed E-state index contributed by atoms with van der Waals surface area (Å²) in [5.41, 5.74) is -1.01. The van der Waals surface area contributed by atoms with Gasteiger partial charge in [-0.1, -0.05) is 32.0 Å². The van der Waals surface area contributed by atoms with Crippen LogP contribution in [0.5, 0.6) is 0 Å². The summed E-state index contributed by atoms with van der Waals surface area (Å²) in [7, 11) is -2.39. The topological polar surface area (TPSA) is 90.3 Å². The van der Waals surface area contributed by atoms with Crippen LogP contribution in [0.3, 0.4) is 0 Å². The van der Waals surface area contributed by atoms with Crippen LogP contribution in [0.4, 0.5) is 0 Å². The van der Waals surface area contributed by atoms with Gasteiger partial charge in [-0.05, 0) is 31.4 Å². The van der Waals surface area contributed by atoms with Gasteiger partial charge < -0.3 is 5.32 Å². The first kappa shape index (κ1) is 19.1. The lowest BCUT2D eigenvalue weighted by molar-refractivity contribution is -0.122. The van der Waals surface area contributed by atoms with Crippen molar-refractivity contribution in [2.24, 2.45) is 5.92 Å². The lowest BCUT2D eigenvalue weighted by Gasteiger charge is -2.26. The van der Waals surface area contributed by atoms with Crippen molar-refractivity contribution in [1.29, 1.82) is 5.26 Å². The Labute approximate surface area is 138 Å². The van der Waals surface area contributed by atoms with Crippen molar-refractivity contribution < 1.29 is 13.2 Å². The average molecular weight is 337 g/mol. The number of carbonyl (C=O) groups excluding carboxylic acids is 1. The Kier molecular flexibility index (Phi) is 6.30. The molecule has 0 fully saturated rings. The number of carbonyl (C=O) groups is 1. The van der Waals surface area contributed by atoms with Gasteiger partial charge in [0.2, 0.25) is 15.9 Å². The van der Waals surface area contributed by atoms with Crippen LogP contribution in [0, 0.1) is 17.2 Å². The van der Waals surface area contributed by atoms with Crippen molar-refractivity contribution in [2.75, 3.05) is 13.6 Å². The van der Waals surface area contributed by atoms with Gasteiger partial charge in [-0.15, -0.1) is 0 Å². The maximum atomic E-state index is 12.4. The summed E-state index contributed by atoms with van der Waals surface area (Å²) in [6.45, 7) is 5.20. The number of nitrogens with zero attached hydrogens (tertiary/aromatic N) is 2. The molecule has 0 aromatic heterocycles. The number of sulfonamides is 1. The number of nitrogens with one attached hydrogen (secondary N) is 1. The molecule has 0 heterocycles. The summed E-state index contributed by atoms with van der Waals surface area (Å²) < 4.78 is 25.7. The van der Waals surface area contributed by atoms with E-state index in [0.717, 1.165) is 4.31 Å². The third-order valence-corrected chi connectivity index (χ3v) is 5.11. The van der Waals surface area contributed by atoms with Crippen molar-refractivity contribution in [3.8, 4) is 6.07 Å². The van der Waals surface area contributed by atoms with Crippen LogP contribution < -0.4 is 5.32 Å². The van der Waals surface area contributed by atoms with E-state index >= 15 is 0 Å². The molecule has 7 heteroatoms. The number of nitriles is 1. The summed E-state index contributed by atoms with van der Waals surface area (Å²) in [5, 5.41) is 11.9. The molecule has 0 unspecified atom stereocenters. The Balaban J connectivity index is 2.79. The van der Waals surface area contributed by atoms with Gasteiger partial charge in [-0.2, -0.15) is 9.57 Å². The lowest BCUT2D eigenvalue weighted by Crippen LogP contribution is -2.49. The molecular formula is C16H23N3O3S. The minimum Gasteiger partial charge on any atom is -0.337 e. The Hall–Kier alpha value is -1.91. The van der Waals surface area contributed by atoms with Gasteiger partial charge in [0, 0.05) is 7.05 Å². The first-order valence-corrected chi connectivity index (χ1v) is 8.78. The summed E-state index contributed by atoms with van der Waals surface area (Å²) in [6, 6.07) is 9.99. The molecule has 6 nitrogen and oxygen atoms in total. The van der Waals surface area contributed by atoms with Crippen LogP contribution in [0.25, 0.3) is 0 Å². The third kappa shape index (κ3) is 5.34. The zero-order valence-corrected chi connectivity index (χ0v) is 14.7. The van der Waals surface area contributed by atoms with Crippen molar-refractivity contribution >= 4 is 15.9 Å². The Bertz CT molecular complexity index is 680. The number of rotatable bonds is 7. The number of amides is 1. The molecule has 0 saturated carbocycles. The minimum absolute atomic E-state index is 0.125. The second kappa shape index (κ2) is 7.57. The summed E-state index contributed by atoms with van der Waals surface area (Å²) in [5.74, 6) is -0.276. The maximum Gasteiger partial charge on any atom is 0.243 e. The Morgan fingerprint density at radius 1 is 1.35 bits per heavy atom. The van der Waals surface area contributed by atoms with E-state index in [1.165, 1.54) is 19.2 Å². The Morgan fingerprint density at radius 2 is 1.91 bits per heavy atom.